The van der Waals surface area contributed by atoms with E-state index in [9.17, 15) is 9.18 Å². The molecule has 0 aromatic carbocycles. The second-order valence-corrected chi connectivity index (χ2v) is 4.81. The number of ether oxygens (including phenoxy) is 1. The van der Waals surface area contributed by atoms with Gasteiger partial charge in [0, 0.05) is 19.4 Å². The largest absolute Gasteiger partial charge is 0.392 e. The molecule has 2 rings (SSSR count). The van der Waals surface area contributed by atoms with Crippen LogP contribution in [0.5, 0.6) is 0 Å². The number of thiocarbonyl (C=S) groups is 1. The molecule has 5 nitrogen and oxygen atoms in total. The molecule has 7 heteroatoms. The Kier molecular flexibility index (Phi) is 4.06. The maximum absolute atomic E-state index is 13.5. The summed E-state index contributed by atoms with van der Waals surface area (Å²) in [7, 11) is 0. The first kappa shape index (κ1) is 13.8. The van der Waals surface area contributed by atoms with E-state index in [4.69, 9.17) is 22.7 Å². The Labute approximate surface area is 115 Å². The van der Waals surface area contributed by atoms with Crippen molar-refractivity contribution in [3.8, 4) is 0 Å². The third-order valence-electron chi connectivity index (χ3n) is 3.27. The standard InChI is InChI=1S/C12H14FN3O2S/c13-8-7-15-4-1-9(8)16-11(17)12(10(14)19)2-5-18-6-3-12/h1,4,7H,2-3,5-6H2,(H2,14,19)(H,15,16,17). The van der Waals surface area contributed by atoms with Crippen LogP contribution in [0.2, 0.25) is 0 Å². The van der Waals surface area contributed by atoms with E-state index in [1.165, 1.54) is 12.3 Å². The molecule has 102 valence electrons. The van der Waals surface area contributed by atoms with E-state index in [1.54, 1.807) is 0 Å². The van der Waals surface area contributed by atoms with Crippen molar-refractivity contribution in [1.82, 2.24) is 4.98 Å². The second-order valence-electron chi connectivity index (χ2n) is 4.37. The Bertz CT molecular complexity index is 504. The molecular formula is C12H14FN3O2S. The number of aromatic nitrogens is 1. The SMILES string of the molecule is NC(=S)C1(C(=O)Nc2ccncc2F)CCOCC1. The molecule has 0 saturated carbocycles. The molecule has 0 unspecified atom stereocenters. The lowest BCUT2D eigenvalue weighted by atomic mass is 9.79. The van der Waals surface area contributed by atoms with Crippen molar-refractivity contribution >= 4 is 28.8 Å². The van der Waals surface area contributed by atoms with Crippen molar-refractivity contribution in [2.24, 2.45) is 11.1 Å². The van der Waals surface area contributed by atoms with E-state index in [2.05, 4.69) is 10.3 Å². The van der Waals surface area contributed by atoms with Gasteiger partial charge in [-0.25, -0.2) is 4.39 Å². The van der Waals surface area contributed by atoms with Crippen LogP contribution in [0.25, 0.3) is 0 Å². The van der Waals surface area contributed by atoms with Crippen LogP contribution in [0.4, 0.5) is 10.1 Å². The van der Waals surface area contributed by atoms with Gasteiger partial charge in [0.25, 0.3) is 0 Å². The van der Waals surface area contributed by atoms with Gasteiger partial charge < -0.3 is 15.8 Å². The fraction of sp³-hybridized carbons (Fsp3) is 0.417. The van der Waals surface area contributed by atoms with Gasteiger partial charge in [-0.15, -0.1) is 0 Å². The smallest absolute Gasteiger partial charge is 0.237 e. The molecule has 1 aromatic rings. The van der Waals surface area contributed by atoms with E-state index in [-0.39, 0.29) is 10.7 Å². The van der Waals surface area contributed by atoms with E-state index in [0.29, 0.717) is 26.1 Å². The van der Waals surface area contributed by atoms with Crippen molar-refractivity contribution in [3.63, 3.8) is 0 Å². The summed E-state index contributed by atoms with van der Waals surface area (Å²) in [5.41, 5.74) is 4.81. The number of carbonyl (C=O) groups is 1. The minimum absolute atomic E-state index is 0.0714. The van der Waals surface area contributed by atoms with Gasteiger partial charge in [0.2, 0.25) is 5.91 Å². The highest BCUT2D eigenvalue weighted by Gasteiger charge is 2.43. The quantitative estimate of drug-likeness (QED) is 0.816. The molecular weight excluding hydrogens is 269 g/mol. The first-order chi connectivity index (χ1) is 9.06. The van der Waals surface area contributed by atoms with Crippen LogP contribution in [-0.4, -0.2) is 29.1 Å². The molecule has 1 aromatic heterocycles. The molecule has 1 amide bonds. The molecule has 2 heterocycles. The number of hydrogen-bond donors (Lipinski definition) is 2. The summed E-state index contributed by atoms with van der Waals surface area (Å²) in [6.07, 6.45) is 3.24. The lowest BCUT2D eigenvalue weighted by molar-refractivity contribution is -0.126. The number of carbonyl (C=O) groups excluding carboxylic acids is 1. The van der Waals surface area contributed by atoms with Crippen LogP contribution in [0.3, 0.4) is 0 Å². The number of amides is 1. The zero-order valence-corrected chi connectivity index (χ0v) is 11.0. The van der Waals surface area contributed by atoms with Gasteiger partial charge in [0.1, 0.15) is 5.41 Å². The summed E-state index contributed by atoms with van der Waals surface area (Å²) in [4.78, 5) is 16.1. The third kappa shape index (κ3) is 2.71. The number of pyridine rings is 1. The highest BCUT2D eigenvalue weighted by molar-refractivity contribution is 7.80. The Morgan fingerprint density at radius 2 is 2.21 bits per heavy atom. The van der Waals surface area contributed by atoms with E-state index in [1.807, 2.05) is 0 Å². The van der Waals surface area contributed by atoms with Crippen molar-refractivity contribution < 1.29 is 13.9 Å². The Balaban J connectivity index is 2.21. The highest BCUT2D eigenvalue weighted by atomic mass is 32.1. The highest BCUT2D eigenvalue weighted by Crippen LogP contribution is 2.32. The zero-order valence-electron chi connectivity index (χ0n) is 10.2. The number of anilines is 1. The first-order valence-corrected chi connectivity index (χ1v) is 6.26. The maximum atomic E-state index is 13.5. The average Bonchev–Trinajstić information content (AvgIpc) is 2.42. The molecule has 1 fully saturated rings. The minimum atomic E-state index is -0.969. The molecule has 19 heavy (non-hydrogen) atoms. The van der Waals surface area contributed by atoms with E-state index >= 15 is 0 Å². The minimum Gasteiger partial charge on any atom is -0.392 e. The average molecular weight is 283 g/mol. The molecule has 1 saturated heterocycles. The summed E-state index contributed by atoms with van der Waals surface area (Å²) in [6, 6.07) is 1.39. The van der Waals surface area contributed by atoms with Crippen molar-refractivity contribution in [2.45, 2.75) is 12.8 Å². The molecule has 3 N–H and O–H groups in total. The van der Waals surface area contributed by atoms with Crippen molar-refractivity contribution in [2.75, 3.05) is 18.5 Å². The number of nitrogens with zero attached hydrogens (tertiary/aromatic N) is 1. The zero-order chi connectivity index (χ0) is 13.9. The van der Waals surface area contributed by atoms with Crippen LogP contribution in [-0.2, 0) is 9.53 Å². The number of nitrogens with one attached hydrogen (secondary N) is 1. The topological polar surface area (TPSA) is 77.2 Å². The molecule has 0 bridgehead atoms. The predicted octanol–water partition coefficient (Wildman–Crippen LogP) is 1.24. The number of rotatable bonds is 3. The summed E-state index contributed by atoms with van der Waals surface area (Å²) < 4.78 is 18.7. The fourth-order valence-corrected chi connectivity index (χ4v) is 2.32. The van der Waals surface area contributed by atoms with Crippen LogP contribution >= 0.6 is 12.2 Å². The Morgan fingerprint density at radius 3 is 2.79 bits per heavy atom. The van der Waals surface area contributed by atoms with Crippen molar-refractivity contribution in [1.29, 1.82) is 0 Å². The molecule has 0 spiro atoms. The van der Waals surface area contributed by atoms with Gasteiger partial charge in [-0.05, 0) is 18.9 Å². The molecule has 0 radical (unpaired) electrons. The number of hydrogen-bond acceptors (Lipinski definition) is 4. The second kappa shape index (κ2) is 5.58. The lowest BCUT2D eigenvalue weighted by Gasteiger charge is -2.34. The van der Waals surface area contributed by atoms with Gasteiger partial charge in [0.05, 0.1) is 16.9 Å². The van der Waals surface area contributed by atoms with Crippen LogP contribution in [0, 0.1) is 11.2 Å². The van der Waals surface area contributed by atoms with Gasteiger partial charge in [-0.3, -0.25) is 9.78 Å². The van der Waals surface area contributed by atoms with E-state index in [0.717, 1.165) is 6.20 Å². The molecule has 0 atom stereocenters. The Hall–Kier alpha value is -1.60. The molecule has 0 aliphatic carbocycles. The van der Waals surface area contributed by atoms with Crippen molar-refractivity contribution in [3.05, 3.63) is 24.3 Å². The lowest BCUT2D eigenvalue weighted by Crippen LogP contribution is -2.49. The predicted molar refractivity (Wildman–Crippen MR) is 72.1 cm³/mol. The summed E-state index contributed by atoms with van der Waals surface area (Å²) in [5, 5.41) is 2.53. The monoisotopic (exact) mass is 283 g/mol. The number of nitrogens with two attached hydrogens (primary N) is 1. The maximum Gasteiger partial charge on any atom is 0.237 e. The summed E-state index contributed by atoms with van der Waals surface area (Å²) in [5.74, 6) is -0.991. The van der Waals surface area contributed by atoms with Crippen LogP contribution in [0.1, 0.15) is 12.8 Å². The van der Waals surface area contributed by atoms with Crippen LogP contribution < -0.4 is 11.1 Å². The molecule has 1 aliphatic heterocycles. The van der Waals surface area contributed by atoms with Gasteiger partial charge in [0.15, 0.2) is 5.82 Å². The summed E-state index contributed by atoms with van der Waals surface area (Å²) >= 11 is 5.01. The van der Waals surface area contributed by atoms with Gasteiger partial charge in [-0.2, -0.15) is 0 Å². The third-order valence-corrected chi connectivity index (χ3v) is 3.66. The van der Waals surface area contributed by atoms with Gasteiger partial charge in [-0.1, -0.05) is 12.2 Å². The molecule has 1 aliphatic rings. The van der Waals surface area contributed by atoms with Crippen LogP contribution in [0.15, 0.2) is 18.5 Å². The Morgan fingerprint density at radius 1 is 1.53 bits per heavy atom. The van der Waals surface area contributed by atoms with Gasteiger partial charge >= 0.3 is 0 Å². The first-order valence-electron chi connectivity index (χ1n) is 5.85. The fourth-order valence-electron chi connectivity index (χ4n) is 2.02. The number of halogens is 1. The van der Waals surface area contributed by atoms with E-state index < -0.39 is 17.1 Å². The normalized spacial score (nSPS) is 17.7. The summed E-state index contributed by atoms with van der Waals surface area (Å²) in [6.45, 7) is 0.813.